The fraction of sp³-hybridized carbons (Fsp3) is 0.133. The van der Waals surface area contributed by atoms with Crippen LogP contribution in [0.2, 0.25) is 5.02 Å². The van der Waals surface area contributed by atoms with Gasteiger partial charge in [-0.3, -0.25) is 4.79 Å². The minimum atomic E-state index is 0.544. The molecule has 0 amide bonds. The molecule has 2 aromatic carbocycles. The first kappa shape index (κ1) is 12.7. The van der Waals surface area contributed by atoms with Gasteiger partial charge in [0.15, 0.2) is 6.29 Å². The van der Waals surface area contributed by atoms with Gasteiger partial charge in [-0.25, -0.2) is 0 Å². The summed E-state index contributed by atoms with van der Waals surface area (Å²) < 4.78 is 5.70. The third-order valence-corrected chi connectivity index (χ3v) is 3.07. The minimum absolute atomic E-state index is 0.544. The van der Waals surface area contributed by atoms with Gasteiger partial charge in [0.2, 0.25) is 0 Å². The first-order chi connectivity index (χ1) is 8.60. The molecule has 0 heterocycles. The van der Waals surface area contributed by atoms with Crippen LogP contribution >= 0.6 is 11.6 Å². The molecule has 0 saturated carbocycles. The van der Waals surface area contributed by atoms with Gasteiger partial charge in [-0.1, -0.05) is 23.2 Å². The predicted octanol–water partition coefficient (Wildman–Crippen LogP) is 4.56. The van der Waals surface area contributed by atoms with Crippen LogP contribution in [0, 0.1) is 13.8 Å². The van der Waals surface area contributed by atoms with E-state index in [0.717, 1.165) is 17.4 Å². The highest BCUT2D eigenvalue weighted by Gasteiger charge is 2.05. The van der Waals surface area contributed by atoms with Crippen LogP contribution < -0.4 is 4.74 Å². The quantitative estimate of drug-likeness (QED) is 0.756. The van der Waals surface area contributed by atoms with Crippen LogP contribution in [-0.2, 0) is 0 Å². The lowest BCUT2D eigenvalue weighted by atomic mass is 10.1. The van der Waals surface area contributed by atoms with E-state index < -0.39 is 0 Å². The van der Waals surface area contributed by atoms with E-state index in [1.165, 1.54) is 0 Å². The Balaban J connectivity index is 2.33. The Kier molecular flexibility index (Phi) is 3.68. The van der Waals surface area contributed by atoms with Crippen LogP contribution in [-0.4, -0.2) is 6.29 Å². The molecule has 0 saturated heterocycles. The molecule has 0 aromatic heterocycles. The van der Waals surface area contributed by atoms with Gasteiger partial charge in [-0.05, 0) is 49.7 Å². The van der Waals surface area contributed by atoms with E-state index >= 15 is 0 Å². The average molecular weight is 261 g/mol. The normalized spacial score (nSPS) is 10.2. The SMILES string of the molecule is Cc1ccc(Oc2ccc(Cl)c(C)c2)c(C=O)c1. The van der Waals surface area contributed by atoms with Gasteiger partial charge < -0.3 is 4.74 Å². The summed E-state index contributed by atoms with van der Waals surface area (Å²) in [6.07, 6.45) is 0.797. The topological polar surface area (TPSA) is 26.3 Å². The third-order valence-electron chi connectivity index (χ3n) is 2.65. The maximum atomic E-state index is 11.0. The first-order valence-electron chi connectivity index (χ1n) is 5.60. The first-order valence-corrected chi connectivity index (χ1v) is 5.98. The maximum absolute atomic E-state index is 11.0. The number of aldehydes is 1. The van der Waals surface area contributed by atoms with Crippen LogP contribution in [0.5, 0.6) is 11.5 Å². The van der Waals surface area contributed by atoms with E-state index in [2.05, 4.69) is 0 Å². The molecule has 0 N–H and O–H groups in total. The molecule has 0 aliphatic carbocycles. The highest BCUT2D eigenvalue weighted by Crippen LogP contribution is 2.28. The molecule has 0 bridgehead atoms. The largest absolute Gasteiger partial charge is 0.457 e. The maximum Gasteiger partial charge on any atom is 0.153 e. The summed E-state index contributed by atoms with van der Waals surface area (Å²) in [5.74, 6) is 1.22. The molecule has 2 rings (SSSR count). The van der Waals surface area contributed by atoms with Gasteiger partial charge in [0.1, 0.15) is 11.5 Å². The van der Waals surface area contributed by atoms with Crippen LogP contribution in [0.25, 0.3) is 0 Å². The van der Waals surface area contributed by atoms with Crippen molar-refractivity contribution in [2.75, 3.05) is 0 Å². The molecule has 2 aromatic rings. The number of hydrogen-bond acceptors (Lipinski definition) is 2. The second-order valence-corrected chi connectivity index (χ2v) is 4.58. The Morgan fingerprint density at radius 3 is 2.56 bits per heavy atom. The summed E-state index contributed by atoms with van der Waals surface area (Å²) in [6, 6.07) is 10.9. The van der Waals surface area contributed by atoms with Crippen molar-refractivity contribution in [1.29, 1.82) is 0 Å². The van der Waals surface area contributed by atoms with Crippen LogP contribution in [0.1, 0.15) is 21.5 Å². The number of carbonyl (C=O) groups excluding carboxylic acids is 1. The highest BCUT2D eigenvalue weighted by molar-refractivity contribution is 6.31. The molecule has 0 radical (unpaired) electrons. The van der Waals surface area contributed by atoms with Crippen molar-refractivity contribution >= 4 is 17.9 Å². The minimum Gasteiger partial charge on any atom is -0.457 e. The second-order valence-electron chi connectivity index (χ2n) is 4.17. The van der Waals surface area contributed by atoms with E-state index in [1.807, 2.05) is 26.0 Å². The molecule has 18 heavy (non-hydrogen) atoms. The molecule has 92 valence electrons. The summed E-state index contributed by atoms with van der Waals surface area (Å²) in [4.78, 5) is 11.0. The van der Waals surface area contributed by atoms with Crippen molar-refractivity contribution in [3.63, 3.8) is 0 Å². The molecular weight excluding hydrogens is 248 g/mol. The fourth-order valence-electron chi connectivity index (χ4n) is 1.66. The van der Waals surface area contributed by atoms with Crippen molar-refractivity contribution < 1.29 is 9.53 Å². The second kappa shape index (κ2) is 5.23. The lowest BCUT2D eigenvalue weighted by Gasteiger charge is -2.09. The predicted molar refractivity (Wildman–Crippen MR) is 72.8 cm³/mol. The molecule has 0 aliphatic rings. The van der Waals surface area contributed by atoms with E-state index in [0.29, 0.717) is 22.1 Å². The number of benzene rings is 2. The molecule has 0 spiro atoms. The summed E-state index contributed by atoms with van der Waals surface area (Å²) >= 11 is 5.95. The number of rotatable bonds is 3. The van der Waals surface area contributed by atoms with Crippen molar-refractivity contribution in [3.05, 3.63) is 58.1 Å². The van der Waals surface area contributed by atoms with Gasteiger partial charge in [-0.2, -0.15) is 0 Å². The van der Waals surface area contributed by atoms with Crippen LogP contribution in [0.15, 0.2) is 36.4 Å². The summed E-state index contributed by atoms with van der Waals surface area (Å²) in [7, 11) is 0. The van der Waals surface area contributed by atoms with Gasteiger partial charge >= 0.3 is 0 Å². The van der Waals surface area contributed by atoms with Crippen molar-refractivity contribution in [1.82, 2.24) is 0 Å². The molecule has 2 nitrogen and oxygen atoms in total. The lowest BCUT2D eigenvalue weighted by Crippen LogP contribution is -1.91. The molecule has 0 fully saturated rings. The Labute approximate surface area is 111 Å². The van der Waals surface area contributed by atoms with Gasteiger partial charge in [-0.15, -0.1) is 0 Å². The molecular formula is C15H13ClO2. The van der Waals surface area contributed by atoms with E-state index in [4.69, 9.17) is 16.3 Å². The summed E-state index contributed by atoms with van der Waals surface area (Å²) in [6.45, 7) is 3.84. The zero-order valence-corrected chi connectivity index (χ0v) is 11.0. The van der Waals surface area contributed by atoms with Gasteiger partial charge in [0.25, 0.3) is 0 Å². The summed E-state index contributed by atoms with van der Waals surface area (Å²) in [5.41, 5.74) is 2.51. The van der Waals surface area contributed by atoms with Crippen LogP contribution in [0.4, 0.5) is 0 Å². The van der Waals surface area contributed by atoms with Gasteiger partial charge in [0.05, 0.1) is 5.56 Å². The zero-order chi connectivity index (χ0) is 13.1. The zero-order valence-electron chi connectivity index (χ0n) is 10.2. The highest BCUT2D eigenvalue weighted by atomic mass is 35.5. The Hall–Kier alpha value is -1.80. The third kappa shape index (κ3) is 2.71. The molecule has 0 atom stereocenters. The van der Waals surface area contributed by atoms with E-state index in [1.54, 1.807) is 24.3 Å². The lowest BCUT2D eigenvalue weighted by molar-refractivity contribution is 0.112. The number of hydrogen-bond donors (Lipinski definition) is 0. The van der Waals surface area contributed by atoms with Crippen molar-refractivity contribution in [3.8, 4) is 11.5 Å². The van der Waals surface area contributed by atoms with Crippen molar-refractivity contribution in [2.24, 2.45) is 0 Å². The number of ether oxygens (including phenoxy) is 1. The number of halogens is 1. The number of aryl methyl sites for hydroxylation is 2. The Morgan fingerprint density at radius 2 is 1.89 bits per heavy atom. The fourth-order valence-corrected chi connectivity index (χ4v) is 1.78. The van der Waals surface area contributed by atoms with E-state index in [-0.39, 0.29) is 0 Å². The number of carbonyl (C=O) groups is 1. The Morgan fingerprint density at radius 1 is 1.11 bits per heavy atom. The Bertz CT molecular complexity index is 591. The monoisotopic (exact) mass is 260 g/mol. The molecule has 0 unspecified atom stereocenters. The van der Waals surface area contributed by atoms with Crippen molar-refractivity contribution in [2.45, 2.75) is 13.8 Å². The van der Waals surface area contributed by atoms with Gasteiger partial charge in [0, 0.05) is 5.02 Å². The molecule has 3 heteroatoms. The summed E-state index contributed by atoms with van der Waals surface area (Å²) in [5, 5.41) is 0.696. The smallest absolute Gasteiger partial charge is 0.153 e. The van der Waals surface area contributed by atoms with E-state index in [9.17, 15) is 4.79 Å². The molecule has 0 aliphatic heterocycles. The standard InChI is InChI=1S/C15H13ClO2/c1-10-3-6-15(12(7-10)9-17)18-13-4-5-14(16)11(2)8-13/h3-9H,1-2H3. The average Bonchev–Trinajstić information content (AvgIpc) is 2.36. The van der Waals surface area contributed by atoms with Crippen LogP contribution in [0.3, 0.4) is 0 Å².